The van der Waals surface area contributed by atoms with Crippen LogP contribution >= 0.6 is 0 Å². The van der Waals surface area contributed by atoms with Gasteiger partial charge in [-0.25, -0.2) is 8.42 Å². The Morgan fingerprint density at radius 3 is 2.73 bits per heavy atom. The molecule has 0 aromatic heterocycles. The number of nitrogens with zero attached hydrogens (tertiary/aromatic N) is 1. The van der Waals surface area contributed by atoms with E-state index >= 15 is 0 Å². The number of rotatable bonds is 4. The quantitative estimate of drug-likeness (QED) is 0.803. The zero-order chi connectivity index (χ0) is 11.3. The normalized spacial score (nSPS) is 10.9. The molecule has 0 aliphatic rings. The summed E-state index contributed by atoms with van der Waals surface area (Å²) in [6.45, 7) is 0.125. The smallest absolute Gasteiger partial charge is 0.155 e. The summed E-state index contributed by atoms with van der Waals surface area (Å²) in [6, 6.07) is 8.54. The van der Waals surface area contributed by atoms with Gasteiger partial charge in [-0.05, 0) is 17.7 Å². The van der Waals surface area contributed by atoms with Gasteiger partial charge in [0, 0.05) is 6.54 Å². The highest BCUT2D eigenvalue weighted by molar-refractivity contribution is 7.90. The monoisotopic (exact) mass is 224 g/mol. The molecule has 5 heteroatoms. The zero-order valence-electron chi connectivity index (χ0n) is 8.18. The summed E-state index contributed by atoms with van der Waals surface area (Å²) in [4.78, 5) is 0. The number of nitrogens with two attached hydrogens (primary N) is 1. The van der Waals surface area contributed by atoms with E-state index in [-0.39, 0.29) is 18.1 Å². The summed E-state index contributed by atoms with van der Waals surface area (Å²) in [5, 5.41) is 8.64. The van der Waals surface area contributed by atoms with Crippen LogP contribution in [0.2, 0.25) is 0 Å². The standard InChI is InChI=1S/C10H12N2O2S/c11-4-5-15(13,14)8-10-3-1-2-9(6-10)7-12/h1-3,6H,4-5,8,11H2. The molecule has 0 fully saturated rings. The van der Waals surface area contributed by atoms with Crippen molar-refractivity contribution in [1.82, 2.24) is 0 Å². The van der Waals surface area contributed by atoms with Crippen LogP contribution in [0.3, 0.4) is 0 Å². The summed E-state index contributed by atoms with van der Waals surface area (Å²) in [5.74, 6) is -0.0799. The highest BCUT2D eigenvalue weighted by atomic mass is 32.2. The van der Waals surface area contributed by atoms with Crippen LogP contribution in [-0.4, -0.2) is 20.7 Å². The average Bonchev–Trinajstić information content (AvgIpc) is 2.17. The third-order valence-electron chi connectivity index (χ3n) is 1.87. The molecule has 15 heavy (non-hydrogen) atoms. The van der Waals surface area contributed by atoms with E-state index in [4.69, 9.17) is 11.0 Å². The van der Waals surface area contributed by atoms with E-state index in [0.717, 1.165) is 0 Å². The predicted molar refractivity (Wildman–Crippen MR) is 57.7 cm³/mol. The fraction of sp³-hybridized carbons (Fsp3) is 0.300. The molecule has 0 saturated carbocycles. The molecule has 0 aliphatic carbocycles. The second-order valence-electron chi connectivity index (χ2n) is 3.19. The number of benzene rings is 1. The molecule has 0 amide bonds. The Hall–Kier alpha value is -1.38. The van der Waals surface area contributed by atoms with Crippen molar-refractivity contribution in [3.63, 3.8) is 0 Å². The van der Waals surface area contributed by atoms with Crippen molar-refractivity contribution >= 4 is 9.84 Å². The molecule has 0 spiro atoms. The molecular formula is C10H12N2O2S. The molecule has 4 nitrogen and oxygen atoms in total. The van der Waals surface area contributed by atoms with Gasteiger partial charge in [0.15, 0.2) is 9.84 Å². The summed E-state index contributed by atoms with van der Waals surface area (Å²) >= 11 is 0. The first kappa shape index (κ1) is 11.7. The largest absolute Gasteiger partial charge is 0.329 e. The number of hydrogen-bond acceptors (Lipinski definition) is 4. The zero-order valence-corrected chi connectivity index (χ0v) is 9.00. The fourth-order valence-electron chi connectivity index (χ4n) is 1.24. The molecule has 2 N–H and O–H groups in total. The van der Waals surface area contributed by atoms with Crippen molar-refractivity contribution in [2.24, 2.45) is 5.73 Å². The Morgan fingerprint density at radius 2 is 2.13 bits per heavy atom. The minimum absolute atomic E-state index is 0.0240. The lowest BCUT2D eigenvalue weighted by Crippen LogP contribution is -2.17. The van der Waals surface area contributed by atoms with Gasteiger partial charge in [0.2, 0.25) is 0 Å². The van der Waals surface area contributed by atoms with Crippen LogP contribution in [-0.2, 0) is 15.6 Å². The summed E-state index contributed by atoms with van der Waals surface area (Å²) in [6.07, 6.45) is 0. The lowest BCUT2D eigenvalue weighted by Gasteiger charge is -2.02. The maximum atomic E-state index is 11.4. The van der Waals surface area contributed by atoms with E-state index in [0.29, 0.717) is 11.1 Å². The van der Waals surface area contributed by atoms with E-state index in [1.165, 1.54) is 0 Å². The van der Waals surface area contributed by atoms with Gasteiger partial charge in [-0.1, -0.05) is 12.1 Å². The van der Waals surface area contributed by atoms with Crippen molar-refractivity contribution in [1.29, 1.82) is 5.26 Å². The fourth-order valence-corrected chi connectivity index (χ4v) is 2.43. The van der Waals surface area contributed by atoms with E-state index in [9.17, 15) is 8.42 Å². The lowest BCUT2D eigenvalue weighted by molar-refractivity contribution is 0.595. The van der Waals surface area contributed by atoms with E-state index < -0.39 is 9.84 Å². The van der Waals surface area contributed by atoms with Crippen LogP contribution < -0.4 is 5.73 Å². The van der Waals surface area contributed by atoms with Gasteiger partial charge in [0.05, 0.1) is 23.1 Å². The molecule has 0 saturated heterocycles. The van der Waals surface area contributed by atoms with Crippen LogP contribution in [0, 0.1) is 11.3 Å². The number of nitriles is 1. The maximum absolute atomic E-state index is 11.4. The Balaban J connectivity index is 2.86. The lowest BCUT2D eigenvalue weighted by atomic mass is 10.2. The third kappa shape index (κ3) is 3.70. The van der Waals surface area contributed by atoms with E-state index in [1.807, 2.05) is 6.07 Å². The Kier molecular flexibility index (Phi) is 3.83. The molecule has 80 valence electrons. The first-order valence-electron chi connectivity index (χ1n) is 4.47. The van der Waals surface area contributed by atoms with Crippen molar-refractivity contribution in [3.05, 3.63) is 35.4 Å². The van der Waals surface area contributed by atoms with Crippen molar-refractivity contribution < 1.29 is 8.42 Å². The van der Waals surface area contributed by atoms with Crippen molar-refractivity contribution in [2.75, 3.05) is 12.3 Å². The van der Waals surface area contributed by atoms with Gasteiger partial charge < -0.3 is 5.73 Å². The van der Waals surface area contributed by atoms with Crippen LogP contribution in [0.4, 0.5) is 0 Å². The average molecular weight is 224 g/mol. The van der Waals surface area contributed by atoms with Gasteiger partial charge in [0.1, 0.15) is 0 Å². The number of sulfone groups is 1. The Morgan fingerprint density at radius 1 is 1.40 bits per heavy atom. The molecule has 1 aromatic carbocycles. The van der Waals surface area contributed by atoms with Crippen molar-refractivity contribution in [3.8, 4) is 6.07 Å². The van der Waals surface area contributed by atoms with Crippen LogP contribution in [0.5, 0.6) is 0 Å². The first-order chi connectivity index (χ1) is 7.07. The molecule has 0 unspecified atom stereocenters. The minimum Gasteiger partial charge on any atom is -0.329 e. The Labute approximate surface area is 89.2 Å². The summed E-state index contributed by atoms with van der Waals surface area (Å²) in [5.41, 5.74) is 6.29. The van der Waals surface area contributed by atoms with Gasteiger partial charge in [-0.3, -0.25) is 0 Å². The van der Waals surface area contributed by atoms with Crippen molar-refractivity contribution in [2.45, 2.75) is 5.75 Å². The first-order valence-corrected chi connectivity index (χ1v) is 6.29. The van der Waals surface area contributed by atoms with Gasteiger partial charge in [-0.2, -0.15) is 5.26 Å². The summed E-state index contributed by atoms with van der Waals surface area (Å²) in [7, 11) is -3.14. The number of hydrogen-bond donors (Lipinski definition) is 1. The highest BCUT2D eigenvalue weighted by Crippen LogP contribution is 2.08. The van der Waals surface area contributed by atoms with Gasteiger partial charge >= 0.3 is 0 Å². The molecule has 0 bridgehead atoms. The molecule has 0 heterocycles. The summed E-state index contributed by atoms with van der Waals surface area (Å²) < 4.78 is 22.9. The molecular weight excluding hydrogens is 212 g/mol. The van der Waals surface area contributed by atoms with Crippen LogP contribution in [0.1, 0.15) is 11.1 Å². The van der Waals surface area contributed by atoms with Gasteiger partial charge in [0.25, 0.3) is 0 Å². The van der Waals surface area contributed by atoms with Crippen LogP contribution in [0.25, 0.3) is 0 Å². The van der Waals surface area contributed by atoms with Gasteiger partial charge in [-0.15, -0.1) is 0 Å². The minimum atomic E-state index is -3.14. The second-order valence-corrected chi connectivity index (χ2v) is 5.38. The van der Waals surface area contributed by atoms with Crippen LogP contribution in [0.15, 0.2) is 24.3 Å². The SMILES string of the molecule is N#Cc1cccc(CS(=O)(=O)CCN)c1. The second kappa shape index (κ2) is 4.91. The maximum Gasteiger partial charge on any atom is 0.155 e. The molecule has 0 aliphatic heterocycles. The van der Waals surface area contributed by atoms with E-state index in [2.05, 4.69) is 0 Å². The Bertz CT molecular complexity index is 474. The third-order valence-corrected chi connectivity index (χ3v) is 3.50. The predicted octanol–water partition coefficient (Wildman–Crippen LogP) is 0.432. The van der Waals surface area contributed by atoms with E-state index in [1.54, 1.807) is 24.3 Å². The molecule has 1 aromatic rings. The topological polar surface area (TPSA) is 84.0 Å². The highest BCUT2D eigenvalue weighted by Gasteiger charge is 2.10. The molecule has 0 radical (unpaired) electrons. The molecule has 1 rings (SSSR count). The molecule has 0 atom stereocenters.